The Morgan fingerprint density at radius 2 is 1.14 bits per heavy atom. The summed E-state index contributed by atoms with van der Waals surface area (Å²) >= 11 is 0. The molecule has 6 aromatic rings. The van der Waals surface area contributed by atoms with Crippen LogP contribution in [0.5, 0.6) is 0 Å². The second-order valence-corrected chi connectivity index (χ2v) is 22.4. The van der Waals surface area contributed by atoms with Crippen molar-refractivity contribution in [2.24, 2.45) is 0 Å². The first-order valence-electron chi connectivity index (χ1n) is 26.0. The SMILES string of the molecule is [2H]N(CF)c1nc2c(ncn2[C@@H]2O[C@@]3(CC)CO[C@H]2C3O[P@@]2O[C@H](c3ccccc3)[C@@H]3CCCN32)c(=O)[nH]1.[2H]N(CF)c1nc2c(ncn2[C@@H]2O[C@@]3(CC)CO[C@H]2C3O[P@]2O[C@@H](c3ccccc3)[C@H]3CCCN32)c(=O)[nH]1. The highest BCUT2D eigenvalue weighted by Gasteiger charge is 2.66. The summed E-state index contributed by atoms with van der Waals surface area (Å²) in [5.74, 6) is -0.438. The Balaban J connectivity index is 0.000000146. The van der Waals surface area contributed by atoms with E-state index in [-0.39, 0.29) is 58.5 Å². The molecule has 0 amide bonds. The van der Waals surface area contributed by atoms with Gasteiger partial charge < -0.3 is 47.7 Å². The molecule has 14 atom stereocenters. The van der Waals surface area contributed by atoms with Crippen LogP contribution in [0, 0.1) is 0 Å². The molecule has 2 aromatic carbocycles. The van der Waals surface area contributed by atoms with E-state index in [0.717, 1.165) is 49.9 Å². The zero-order valence-electron chi connectivity index (χ0n) is 42.4. The fourth-order valence-electron chi connectivity index (χ4n) is 11.9. The van der Waals surface area contributed by atoms with Gasteiger partial charge in [-0.3, -0.25) is 28.7 Å². The van der Waals surface area contributed by atoms with Gasteiger partial charge in [0.1, 0.15) is 47.8 Å². The van der Waals surface area contributed by atoms with Crippen molar-refractivity contribution in [3.8, 4) is 0 Å². The van der Waals surface area contributed by atoms with Crippen LogP contribution in [-0.2, 0) is 37.0 Å². The van der Waals surface area contributed by atoms with Gasteiger partial charge in [-0.2, -0.15) is 9.97 Å². The highest BCUT2D eigenvalue weighted by Crippen LogP contribution is 2.65. The molecule has 4 bridgehead atoms. The van der Waals surface area contributed by atoms with Gasteiger partial charge in [-0.15, -0.1) is 0 Å². The maximum Gasteiger partial charge on any atom is 0.280 e. The smallest absolute Gasteiger partial charge is 0.280 e. The summed E-state index contributed by atoms with van der Waals surface area (Å²) < 4.78 is 102. The van der Waals surface area contributed by atoms with Crippen molar-refractivity contribution >= 4 is 51.3 Å². The Hall–Kier alpha value is -4.94. The molecule has 14 rings (SSSR count). The number of ether oxygens (including phenoxy) is 4. The van der Waals surface area contributed by atoms with Crippen molar-refractivity contribution in [1.29, 1.82) is 0 Å². The normalized spacial score (nSPS) is 35.4. The lowest BCUT2D eigenvalue weighted by molar-refractivity contribution is -0.172. The van der Waals surface area contributed by atoms with Gasteiger partial charge in [-0.05, 0) is 49.7 Å². The van der Waals surface area contributed by atoms with Gasteiger partial charge in [-0.25, -0.2) is 28.1 Å². The highest BCUT2D eigenvalue weighted by molar-refractivity contribution is 7.45. The minimum Gasteiger partial charge on any atom is -0.368 e. The maximum absolute atomic E-state index is 13.1. The number of benzene rings is 2. The molecule has 392 valence electrons. The Morgan fingerprint density at radius 3 is 1.54 bits per heavy atom. The average Bonchev–Trinajstić information content (AvgIpc) is 4.48. The molecule has 8 fully saturated rings. The first kappa shape index (κ1) is 46.4. The first-order chi connectivity index (χ1) is 37.1. The van der Waals surface area contributed by atoms with Crippen LogP contribution in [0.4, 0.5) is 20.7 Å². The van der Waals surface area contributed by atoms with Gasteiger partial charge >= 0.3 is 0 Å². The largest absolute Gasteiger partial charge is 0.368 e. The quantitative estimate of drug-likeness (QED) is 0.0652. The topological polar surface area (TPSA) is 232 Å². The van der Waals surface area contributed by atoms with E-state index in [1.165, 1.54) is 12.7 Å². The van der Waals surface area contributed by atoms with Crippen molar-refractivity contribution < 1.29 is 48.6 Å². The molecule has 74 heavy (non-hydrogen) atoms. The number of H-pyrrole nitrogens is 2. The van der Waals surface area contributed by atoms with Gasteiger partial charge in [0.05, 0.1) is 25.9 Å². The first-order valence-corrected chi connectivity index (χ1v) is 27.4. The van der Waals surface area contributed by atoms with Gasteiger partial charge in [-0.1, -0.05) is 74.5 Å². The molecule has 8 aliphatic heterocycles. The minimum atomic E-state index is -1.34. The van der Waals surface area contributed by atoms with Gasteiger partial charge in [0.15, 0.2) is 51.2 Å². The number of aromatic nitrogens is 8. The Labute approximate surface area is 427 Å². The number of rotatable bonds is 14. The molecule has 8 aliphatic rings. The molecular weight excluding hydrogens is 1000 g/mol. The van der Waals surface area contributed by atoms with Crippen LogP contribution in [0.3, 0.4) is 0 Å². The number of fused-ring (bicyclic) bond motifs is 8. The number of imidazole rings is 2. The van der Waals surface area contributed by atoms with Crippen LogP contribution in [0.25, 0.3) is 22.3 Å². The predicted molar refractivity (Wildman–Crippen MR) is 265 cm³/mol. The van der Waals surface area contributed by atoms with Crippen molar-refractivity contribution in [3.63, 3.8) is 0 Å². The number of hydrogen-bond acceptors (Lipinski definition) is 18. The summed E-state index contributed by atoms with van der Waals surface area (Å²) in [5.41, 5.74) is 0.281. The summed E-state index contributed by atoms with van der Waals surface area (Å²) in [6.45, 7) is 4.39. The lowest BCUT2D eigenvalue weighted by Gasteiger charge is -2.31. The fraction of sp³-hybridized carbons (Fsp3) is 0.542. The van der Waals surface area contributed by atoms with E-state index >= 15 is 0 Å². The standard InChI is InChI=1S/2C24H28FN6O5P/c2*1-2-24-11-33-18(22(34-24)30-13-27-16-20(30)28-23(26-12-25)29-21(16)32)19(24)36-37-31-10-6-9-15(31)17(35-37)14-7-4-3-5-8-14/h2*3-5,7-8,13,15,17-19,22H,2,6,9-12H2,1H3,(H2,26,28,29,32)/t15-,17+,18+,19?,22-,24+,37+;15-,17+,18-,19?,22+,24-,37+/m10/s1/i/hD2. The number of hydrogen-bond donors (Lipinski definition) is 4. The number of alkyl halides is 2. The molecule has 0 aliphatic carbocycles. The lowest BCUT2D eigenvalue weighted by atomic mass is 9.96. The van der Waals surface area contributed by atoms with Gasteiger partial charge in [0.2, 0.25) is 11.9 Å². The molecule has 0 saturated carbocycles. The van der Waals surface area contributed by atoms with E-state index in [1.54, 1.807) is 9.13 Å². The molecule has 26 heteroatoms. The molecule has 22 nitrogen and oxygen atoms in total. The predicted octanol–water partition coefficient (Wildman–Crippen LogP) is 6.77. The molecule has 8 saturated heterocycles. The number of nitrogens with zero attached hydrogens (tertiary/aromatic N) is 8. The molecule has 4 N–H and O–H groups in total. The lowest BCUT2D eigenvalue weighted by Crippen LogP contribution is -2.41. The van der Waals surface area contributed by atoms with Crippen LogP contribution >= 0.6 is 17.1 Å². The van der Waals surface area contributed by atoms with Crippen molar-refractivity contribution in [2.45, 2.75) is 125 Å². The zero-order chi connectivity index (χ0) is 52.0. The van der Waals surface area contributed by atoms with E-state index in [9.17, 15) is 18.4 Å². The molecule has 0 spiro atoms. The molecule has 12 heterocycles. The monoisotopic (exact) mass is 1060 g/mol. The Morgan fingerprint density at radius 1 is 0.703 bits per heavy atom. The van der Waals surface area contributed by atoms with E-state index in [0.29, 0.717) is 36.7 Å². The second kappa shape index (κ2) is 19.6. The van der Waals surface area contributed by atoms with Gasteiger partial charge in [0.25, 0.3) is 28.2 Å². The van der Waals surface area contributed by atoms with Crippen LogP contribution in [0.15, 0.2) is 82.9 Å². The average molecular weight is 1060 g/mol. The molecule has 2 unspecified atom stereocenters. The van der Waals surface area contributed by atoms with E-state index < -0.39 is 89.8 Å². The van der Waals surface area contributed by atoms with E-state index in [2.05, 4.69) is 63.5 Å². The number of halogens is 2. The van der Waals surface area contributed by atoms with E-state index in [1.807, 2.05) is 50.2 Å². The number of anilines is 2. The van der Waals surface area contributed by atoms with Gasteiger partial charge in [0, 0.05) is 25.2 Å². The molecule has 4 aromatic heterocycles. The highest BCUT2D eigenvalue weighted by atomic mass is 31.2. The zero-order valence-corrected chi connectivity index (χ0v) is 42.2. The molecular formula is C48H56F2N12O10P2. The Kier molecular flexibility index (Phi) is 12.3. The number of aromatic amines is 2. The van der Waals surface area contributed by atoms with Crippen LogP contribution in [0.2, 0.25) is 2.82 Å². The summed E-state index contributed by atoms with van der Waals surface area (Å²) in [4.78, 5) is 46.9. The summed E-state index contributed by atoms with van der Waals surface area (Å²) in [5, 5.41) is 0.927. The van der Waals surface area contributed by atoms with Crippen LogP contribution < -0.4 is 21.7 Å². The number of nitrogens with one attached hydrogen (secondary N) is 4. The van der Waals surface area contributed by atoms with Crippen molar-refractivity contribution in [1.82, 2.24) is 48.4 Å². The Bertz CT molecular complexity index is 3000. The second-order valence-electron chi connectivity index (χ2n) is 19.5. The summed E-state index contributed by atoms with van der Waals surface area (Å²) in [7, 11) is -2.68. The third kappa shape index (κ3) is 8.02. The third-order valence-electron chi connectivity index (χ3n) is 15.7. The van der Waals surface area contributed by atoms with Crippen LogP contribution in [0.1, 0.15) is 88.2 Å². The summed E-state index contributed by atoms with van der Waals surface area (Å²) in [6.07, 6.45) is 5.31. The molecule has 0 radical (unpaired) electrons. The third-order valence-corrected chi connectivity index (χ3v) is 19.1. The maximum atomic E-state index is 13.1. The van der Waals surface area contributed by atoms with Crippen molar-refractivity contribution in [3.05, 3.63) is 105 Å². The fourth-order valence-corrected chi connectivity index (χ4v) is 16.0. The minimum absolute atomic E-state index is 0.0469. The summed E-state index contributed by atoms with van der Waals surface area (Å²) in [6, 6.07) is 21.1. The van der Waals surface area contributed by atoms with E-state index in [4.69, 9.17) is 39.9 Å². The van der Waals surface area contributed by atoms with Crippen molar-refractivity contribution in [2.75, 3.05) is 50.5 Å². The van der Waals surface area contributed by atoms with Crippen LogP contribution in [-0.4, -0.2) is 136 Å².